The van der Waals surface area contributed by atoms with Crippen molar-refractivity contribution in [3.63, 3.8) is 0 Å². The van der Waals surface area contributed by atoms with E-state index >= 15 is 0 Å². The molecule has 0 aliphatic heterocycles. The summed E-state index contributed by atoms with van der Waals surface area (Å²) in [5, 5.41) is 0.832. The van der Waals surface area contributed by atoms with Crippen LogP contribution in [0.4, 0.5) is 0 Å². The molecule has 2 atom stereocenters. The molecule has 0 amide bonds. The summed E-state index contributed by atoms with van der Waals surface area (Å²) in [6.45, 7) is 4.87. The molecule has 0 aromatic carbocycles. The molecule has 78 valence electrons. The largest absolute Gasteiger partial charge is 0.469 e. The molecule has 0 saturated heterocycles. The van der Waals surface area contributed by atoms with Gasteiger partial charge in [0.05, 0.1) is 13.5 Å². The molecule has 0 bridgehead atoms. The molecular weight excluding hydrogens is 186 g/mol. The maximum absolute atomic E-state index is 10.9. The van der Waals surface area contributed by atoms with E-state index < -0.39 is 0 Å². The van der Waals surface area contributed by atoms with E-state index in [1.165, 1.54) is 7.11 Å². The van der Waals surface area contributed by atoms with Crippen molar-refractivity contribution in [3.8, 4) is 0 Å². The van der Waals surface area contributed by atoms with Crippen LogP contribution in [0.3, 0.4) is 0 Å². The Hall–Kier alpha value is -0.220. The fourth-order valence-electron chi connectivity index (χ4n) is 1.07. The van der Waals surface area contributed by atoms with Crippen LogP contribution in [-0.2, 0) is 9.53 Å². The molecule has 0 spiro atoms. The summed E-state index contributed by atoms with van der Waals surface area (Å²) in [4.78, 5) is 10.9. The molecule has 0 saturated carbocycles. The van der Waals surface area contributed by atoms with E-state index in [0.717, 1.165) is 6.42 Å². The van der Waals surface area contributed by atoms with Crippen LogP contribution >= 0.6 is 11.8 Å². The molecule has 3 nitrogen and oxygen atoms in total. The summed E-state index contributed by atoms with van der Waals surface area (Å²) >= 11 is 1.79. The lowest BCUT2D eigenvalue weighted by atomic mass is 10.3. The topological polar surface area (TPSA) is 52.3 Å². The summed E-state index contributed by atoms with van der Waals surface area (Å²) in [6.07, 6.45) is 1.48. The molecule has 0 aromatic rings. The fraction of sp³-hybridized carbons (Fsp3) is 0.889. The SMILES string of the molecule is COC(=O)CC(C)SC(C)CCN. The van der Waals surface area contributed by atoms with Gasteiger partial charge in [0, 0.05) is 10.5 Å². The quantitative estimate of drug-likeness (QED) is 0.666. The van der Waals surface area contributed by atoms with E-state index in [-0.39, 0.29) is 5.97 Å². The van der Waals surface area contributed by atoms with Crippen molar-refractivity contribution in [1.82, 2.24) is 0 Å². The lowest BCUT2D eigenvalue weighted by Crippen LogP contribution is -2.14. The van der Waals surface area contributed by atoms with Crippen molar-refractivity contribution >= 4 is 17.7 Å². The number of nitrogens with two attached hydrogens (primary N) is 1. The van der Waals surface area contributed by atoms with Crippen LogP contribution in [0.1, 0.15) is 26.7 Å². The number of esters is 1. The third-order valence-electron chi connectivity index (χ3n) is 1.72. The van der Waals surface area contributed by atoms with Gasteiger partial charge < -0.3 is 10.5 Å². The Morgan fingerprint density at radius 1 is 1.46 bits per heavy atom. The molecule has 0 rings (SSSR count). The maximum atomic E-state index is 10.9. The molecule has 0 aromatic heterocycles. The average molecular weight is 205 g/mol. The van der Waals surface area contributed by atoms with Crippen molar-refractivity contribution in [3.05, 3.63) is 0 Å². The molecule has 0 fully saturated rings. The van der Waals surface area contributed by atoms with Gasteiger partial charge in [0.1, 0.15) is 0 Å². The Morgan fingerprint density at radius 2 is 2.08 bits per heavy atom. The Bertz CT molecular complexity index is 153. The minimum Gasteiger partial charge on any atom is -0.469 e. The number of carbonyl (C=O) groups excluding carboxylic acids is 1. The first-order valence-corrected chi connectivity index (χ1v) is 5.46. The highest BCUT2D eigenvalue weighted by Crippen LogP contribution is 2.22. The third kappa shape index (κ3) is 6.90. The second-order valence-electron chi connectivity index (χ2n) is 3.11. The van der Waals surface area contributed by atoms with Gasteiger partial charge in [0.2, 0.25) is 0 Å². The van der Waals surface area contributed by atoms with E-state index in [2.05, 4.69) is 11.7 Å². The molecule has 0 radical (unpaired) electrons. The van der Waals surface area contributed by atoms with Crippen molar-refractivity contribution in [2.24, 2.45) is 5.73 Å². The van der Waals surface area contributed by atoms with Gasteiger partial charge in [0.25, 0.3) is 0 Å². The summed E-state index contributed by atoms with van der Waals surface area (Å²) in [5.74, 6) is -0.139. The van der Waals surface area contributed by atoms with Gasteiger partial charge in [-0.05, 0) is 13.0 Å². The smallest absolute Gasteiger partial charge is 0.306 e. The number of hydrogen-bond acceptors (Lipinski definition) is 4. The van der Waals surface area contributed by atoms with Gasteiger partial charge in [0.15, 0.2) is 0 Å². The van der Waals surface area contributed by atoms with Crippen LogP contribution in [0, 0.1) is 0 Å². The Kier molecular flexibility index (Phi) is 7.09. The van der Waals surface area contributed by atoms with E-state index in [1.54, 1.807) is 11.8 Å². The minimum absolute atomic E-state index is 0.139. The minimum atomic E-state index is -0.139. The number of rotatable bonds is 6. The Labute approximate surface area is 84.4 Å². The second-order valence-corrected chi connectivity index (χ2v) is 5.00. The molecular formula is C9H19NO2S. The van der Waals surface area contributed by atoms with E-state index in [1.807, 2.05) is 6.92 Å². The van der Waals surface area contributed by atoms with Crippen molar-refractivity contribution in [2.75, 3.05) is 13.7 Å². The Morgan fingerprint density at radius 3 is 2.54 bits per heavy atom. The molecule has 2 N–H and O–H groups in total. The van der Waals surface area contributed by atoms with Crippen molar-refractivity contribution in [1.29, 1.82) is 0 Å². The van der Waals surface area contributed by atoms with Gasteiger partial charge in [-0.3, -0.25) is 4.79 Å². The summed E-state index contributed by atoms with van der Waals surface area (Å²) < 4.78 is 4.59. The highest BCUT2D eigenvalue weighted by Gasteiger charge is 2.12. The standard InChI is InChI=1S/C9H19NO2S/c1-7(4-5-10)13-8(2)6-9(11)12-3/h7-8H,4-6,10H2,1-3H3. The zero-order chi connectivity index (χ0) is 10.3. The van der Waals surface area contributed by atoms with Gasteiger partial charge in [-0.1, -0.05) is 13.8 Å². The average Bonchev–Trinajstić information content (AvgIpc) is 2.04. The maximum Gasteiger partial charge on any atom is 0.306 e. The van der Waals surface area contributed by atoms with Crippen LogP contribution in [-0.4, -0.2) is 30.1 Å². The molecule has 4 heteroatoms. The summed E-state index contributed by atoms with van der Waals surface area (Å²) in [5.41, 5.74) is 5.43. The number of methoxy groups -OCH3 is 1. The molecule has 2 unspecified atom stereocenters. The zero-order valence-corrected chi connectivity index (χ0v) is 9.39. The highest BCUT2D eigenvalue weighted by atomic mass is 32.2. The third-order valence-corrected chi connectivity index (χ3v) is 3.05. The molecule has 13 heavy (non-hydrogen) atoms. The normalized spacial score (nSPS) is 15.1. The first-order chi connectivity index (χ1) is 6.10. The van der Waals surface area contributed by atoms with Crippen LogP contribution in [0.5, 0.6) is 0 Å². The van der Waals surface area contributed by atoms with Gasteiger partial charge >= 0.3 is 5.97 Å². The van der Waals surface area contributed by atoms with Crippen molar-refractivity contribution in [2.45, 2.75) is 37.2 Å². The zero-order valence-electron chi connectivity index (χ0n) is 8.58. The monoisotopic (exact) mass is 205 g/mol. The predicted molar refractivity (Wildman–Crippen MR) is 56.8 cm³/mol. The number of hydrogen-bond donors (Lipinski definition) is 1. The van der Waals surface area contributed by atoms with Crippen molar-refractivity contribution < 1.29 is 9.53 Å². The van der Waals surface area contributed by atoms with E-state index in [9.17, 15) is 4.79 Å². The summed E-state index contributed by atoms with van der Waals surface area (Å²) in [6, 6.07) is 0. The van der Waals surface area contributed by atoms with Crippen LogP contribution in [0.15, 0.2) is 0 Å². The number of carbonyl (C=O) groups is 1. The molecule has 0 aliphatic rings. The van der Waals surface area contributed by atoms with Gasteiger partial charge in [-0.2, -0.15) is 11.8 Å². The van der Waals surface area contributed by atoms with Gasteiger partial charge in [-0.25, -0.2) is 0 Å². The number of thioether (sulfide) groups is 1. The summed E-state index contributed by atoms with van der Waals surface area (Å²) in [7, 11) is 1.42. The second kappa shape index (κ2) is 7.21. The van der Waals surface area contributed by atoms with Gasteiger partial charge in [-0.15, -0.1) is 0 Å². The van der Waals surface area contributed by atoms with Crippen LogP contribution < -0.4 is 5.73 Å². The van der Waals surface area contributed by atoms with Crippen LogP contribution in [0.25, 0.3) is 0 Å². The van der Waals surface area contributed by atoms with E-state index in [4.69, 9.17) is 5.73 Å². The fourth-order valence-corrected chi connectivity index (χ4v) is 2.36. The lowest BCUT2D eigenvalue weighted by molar-refractivity contribution is -0.140. The van der Waals surface area contributed by atoms with Crippen LogP contribution in [0.2, 0.25) is 0 Å². The molecule has 0 heterocycles. The first-order valence-electron chi connectivity index (χ1n) is 4.52. The predicted octanol–water partition coefficient (Wildman–Crippen LogP) is 1.41. The molecule has 0 aliphatic carbocycles. The first kappa shape index (κ1) is 12.8. The number of ether oxygens (including phenoxy) is 1. The highest BCUT2D eigenvalue weighted by molar-refractivity contribution is 8.00. The lowest BCUT2D eigenvalue weighted by Gasteiger charge is -2.15. The van der Waals surface area contributed by atoms with E-state index in [0.29, 0.717) is 23.5 Å². The Balaban J connectivity index is 3.60.